The van der Waals surface area contributed by atoms with Crippen LogP contribution in [0.1, 0.15) is 38.7 Å². The van der Waals surface area contributed by atoms with E-state index in [2.05, 4.69) is 20.8 Å². The summed E-state index contributed by atoms with van der Waals surface area (Å²) in [5.74, 6) is 0.556. The Morgan fingerprint density at radius 3 is 2.43 bits per heavy atom. The first-order valence-electron chi connectivity index (χ1n) is 5.01. The Morgan fingerprint density at radius 2 is 2.00 bits per heavy atom. The van der Waals surface area contributed by atoms with E-state index in [1.54, 1.807) is 12.1 Å². The quantitative estimate of drug-likeness (QED) is 0.688. The summed E-state index contributed by atoms with van der Waals surface area (Å²) in [5, 5.41) is 0.463. The number of halogens is 2. The standard InChI is InChI=1S/C12H16ClF/c1-4-10(8(2)3)11-6-5-9(13)7-12(11)14/h5-8,10H,4H2,1-3H3/t10-/m0/s1. The maximum atomic E-state index is 13.6. The average Bonchev–Trinajstić information content (AvgIpc) is 2.09. The molecule has 2 heteroatoms. The predicted octanol–water partition coefficient (Wildman–Crippen LogP) is 4.63. The molecule has 1 atom stereocenters. The van der Waals surface area contributed by atoms with Crippen LogP contribution in [0, 0.1) is 11.7 Å². The highest BCUT2D eigenvalue weighted by Crippen LogP contribution is 2.30. The van der Waals surface area contributed by atoms with E-state index in [0.29, 0.717) is 10.9 Å². The highest BCUT2D eigenvalue weighted by Gasteiger charge is 2.17. The van der Waals surface area contributed by atoms with Crippen LogP contribution in [0.3, 0.4) is 0 Å². The molecule has 0 spiro atoms. The van der Waals surface area contributed by atoms with E-state index >= 15 is 0 Å². The molecule has 0 amide bonds. The van der Waals surface area contributed by atoms with Gasteiger partial charge >= 0.3 is 0 Å². The van der Waals surface area contributed by atoms with Crippen molar-refractivity contribution < 1.29 is 4.39 Å². The van der Waals surface area contributed by atoms with E-state index in [1.807, 2.05) is 0 Å². The van der Waals surface area contributed by atoms with Crippen LogP contribution in [0.4, 0.5) is 4.39 Å². The van der Waals surface area contributed by atoms with Gasteiger partial charge in [-0.3, -0.25) is 0 Å². The van der Waals surface area contributed by atoms with Crippen molar-refractivity contribution >= 4 is 11.6 Å². The molecule has 0 saturated heterocycles. The molecular formula is C12H16ClF. The second-order valence-corrected chi connectivity index (χ2v) is 4.36. The summed E-state index contributed by atoms with van der Waals surface area (Å²) in [6, 6.07) is 4.94. The summed E-state index contributed by atoms with van der Waals surface area (Å²) in [6.07, 6.45) is 0.955. The molecule has 0 aliphatic heterocycles. The molecular weight excluding hydrogens is 199 g/mol. The van der Waals surface area contributed by atoms with Gasteiger partial charge in [0.05, 0.1) is 0 Å². The number of hydrogen-bond acceptors (Lipinski definition) is 0. The number of hydrogen-bond donors (Lipinski definition) is 0. The third-order valence-corrected chi connectivity index (χ3v) is 2.84. The Kier molecular flexibility index (Phi) is 3.94. The van der Waals surface area contributed by atoms with Gasteiger partial charge in [0.25, 0.3) is 0 Å². The fourth-order valence-corrected chi connectivity index (χ4v) is 2.01. The fourth-order valence-electron chi connectivity index (χ4n) is 1.85. The summed E-state index contributed by atoms with van der Waals surface area (Å²) >= 11 is 5.70. The Labute approximate surface area is 90.1 Å². The molecule has 0 aliphatic carbocycles. The second-order valence-electron chi connectivity index (χ2n) is 3.92. The maximum absolute atomic E-state index is 13.6. The van der Waals surface area contributed by atoms with Gasteiger partial charge in [0, 0.05) is 5.02 Å². The molecule has 0 fully saturated rings. The van der Waals surface area contributed by atoms with Crippen LogP contribution in [0.15, 0.2) is 18.2 Å². The molecule has 0 N–H and O–H groups in total. The minimum Gasteiger partial charge on any atom is -0.207 e. The van der Waals surface area contributed by atoms with Crippen molar-refractivity contribution in [1.82, 2.24) is 0 Å². The molecule has 0 saturated carbocycles. The third kappa shape index (κ3) is 2.48. The van der Waals surface area contributed by atoms with Gasteiger partial charge in [0.15, 0.2) is 0 Å². The summed E-state index contributed by atoms with van der Waals surface area (Å²) in [6.45, 7) is 6.31. The first-order chi connectivity index (χ1) is 6.56. The fraction of sp³-hybridized carbons (Fsp3) is 0.500. The van der Waals surface area contributed by atoms with E-state index in [9.17, 15) is 4.39 Å². The van der Waals surface area contributed by atoms with Crippen LogP contribution < -0.4 is 0 Å². The Balaban J connectivity index is 3.04. The van der Waals surface area contributed by atoms with Crippen LogP contribution >= 0.6 is 11.6 Å². The van der Waals surface area contributed by atoms with E-state index in [0.717, 1.165) is 12.0 Å². The number of rotatable bonds is 3. The lowest BCUT2D eigenvalue weighted by molar-refractivity contribution is 0.461. The summed E-state index contributed by atoms with van der Waals surface area (Å²) in [5.41, 5.74) is 0.784. The lowest BCUT2D eigenvalue weighted by Gasteiger charge is -2.20. The van der Waals surface area contributed by atoms with Crippen molar-refractivity contribution in [3.63, 3.8) is 0 Å². The Morgan fingerprint density at radius 1 is 1.36 bits per heavy atom. The minimum atomic E-state index is -0.182. The molecule has 0 bridgehead atoms. The normalized spacial score (nSPS) is 13.3. The van der Waals surface area contributed by atoms with Gasteiger partial charge in [-0.15, -0.1) is 0 Å². The molecule has 78 valence electrons. The first-order valence-corrected chi connectivity index (χ1v) is 5.39. The molecule has 1 rings (SSSR count). The molecule has 1 aromatic rings. The molecule has 0 nitrogen and oxygen atoms in total. The Hall–Kier alpha value is -0.560. The zero-order valence-electron chi connectivity index (χ0n) is 8.85. The van der Waals surface area contributed by atoms with Crippen LogP contribution in [0.2, 0.25) is 5.02 Å². The summed E-state index contributed by atoms with van der Waals surface area (Å²) < 4.78 is 13.6. The topological polar surface area (TPSA) is 0 Å². The smallest absolute Gasteiger partial charge is 0.128 e. The van der Waals surface area contributed by atoms with Gasteiger partial charge < -0.3 is 0 Å². The average molecular weight is 215 g/mol. The Bertz CT molecular complexity index is 307. The zero-order valence-corrected chi connectivity index (χ0v) is 9.61. The molecule has 14 heavy (non-hydrogen) atoms. The molecule has 0 aliphatic rings. The lowest BCUT2D eigenvalue weighted by atomic mass is 9.86. The van der Waals surface area contributed by atoms with Crippen molar-refractivity contribution in [2.24, 2.45) is 5.92 Å². The summed E-state index contributed by atoms with van der Waals surface area (Å²) in [4.78, 5) is 0. The second kappa shape index (κ2) is 4.79. The highest BCUT2D eigenvalue weighted by atomic mass is 35.5. The highest BCUT2D eigenvalue weighted by molar-refractivity contribution is 6.30. The van der Waals surface area contributed by atoms with Crippen molar-refractivity contribution in [2.75, 3.05) is 0 Å². The van der Waals surface area contributed by atoms with Crippen LogP contribution in [0.5, 0.6) is 0 Å². The SMILES string of the molecule is CC[C@H](c1ccc(Cl)cc1F)C(C)C. The lowest BCUT2D eigenvalue weighted by Crippen LogP contribution is -2.07. The van der Waals surface area contributed by atoms with Gasteiger partial charge in [-0.1, -0.05) is 38.4 Å². The van der Waals surface area contributed by atoms with Gasteiger partial charge in [-0.2, -0.15) is 0 Å². The largest absolute Gasteiger partial charge is 0.207 e. The van der Waals surface area contributed by atoms with Crippen molar-refractivity contribution in [1.29, 1.82) is 0 Å². The number of benzene rings is 1. The molecule has 0 heterocycles. The third-order valence-electron chi connectivity index (χ3n) is 2.61. The van der Waals surface area contributed by atoms with E-state index in [-0.39, 0.29) is 11.7 Å². The van der Waals surface area contributed by atoms with Gasteiger partial charge in [-0.25, -0.2) is 4.39 Å². The van der Waals surface area contributed by atoms with Crippen LogP contribution in [-0.4, -0.2) is 0 Å². The first kappa shape index (κ1) is 11.5. The molecule has 0 radical (unpaired) electrons. The van der Waals surface area contributed by atoms with Crippen molar-refractivity contribution in [2.45, 2.75) is 33.1 Å². The van der Waals surface area contributed by atoms with Crippen LogP contribution in [0.25, 0.3) is 0 Å². The molecule has 0 unspecified atom stereocenters. The maximum Gasteiger partial charge on any atom is 0.128 e. The summed E-state index contributed by atoms with van der Waals surface area (Å²) in [7, 11) is 0. The predicted molar refractivity (Wildman–Crippen MR) is 59.3 cm³/mol. The molecule has 1 aromatic carbocycles. The van der Waals surface area contributed by atoms with Crippen LogP contribution in [-0.2, 0) is 0 Å². The minimum absolute atomic E-state index is 0.182. The van der Waals surface area contributed by atoms with Gasteiger partial charge in [-0.05, 0) is 36.0 Å². The van der Waals surface area contributed by atoms with E-state index < -0.39 is 0 Å². The molecule has 0 aromatic heterocycles. The monoisotopic (exact) mass is 214 g/mol. The van der Waals surface area contributed by atoms with Gasteiger partial charge in [0.1, 0.15) is 5.82 Å². The van der Waals surface area contributed by atoms with Gasteiger partial charge in [0.2, 0.25) is 0 Å². The van der Waals surface area contributed by atoms with Crippen molar-refractivity contribution in [3.8, 4) is 0 Å². The van der Waals surface area contributed by atoms with Crippen molar-refractivity contribution in [3.05, 3.63) is 34.6 Å². The van der Waals surface area contributed by atoms with E-state index in [1.165, 1.54) is 6.07 Å². The van der Waals surface area contributed by atoms with E-state index in [4.69, 9.17) is 11.6 Å². The zero-order chi connectivity index (χ0) is 10.7.